The molecule has 0 fully saturated rings. The average Bonchev–Trinajstić information content (AvgIpc) is 1.35. The molecule has 0 saturated carbocycles. The molecule has 0 aliphatic rings. The van der Waals surface area contributed by atoms with Crippen molar-refractivity contribution >= 4 is 8.03 Å². The lowest BCUT2D eigenvalue weighted by Gasteiger charge is -1.73. The molecule has 0 heterocycles. The van der Waals surface area contributed by atoms with Crippen molar-refractivity contribution in [2.75, 3.05) is 13.7 Å². The third kappa shape index (κ3) is 4.02. The van der Waals surface area contributed by atoms with E-state index in [-0.39, 0.29) is 0 Å². The summed E-state index contributed by atoms with van der Waals surface area (Å²) in [6.07, 6.45) is 0. The van der Waals surface area contributed by atoms with Crippen molar-refractivity contribution < 1.29 is 9.19 Å². The molecule has 0 aliphatic heterocycles. The first kappa shape index (κ1) is 6.02. The van der Waals surface area contributed by atoms with Crippen LogP contribution >= 0.6 is 8.03 Å². The lowest BCUT2D eigenvalue weighted by atomic mass is 11.6. The predicted octanol–water partition coefficient (Wildman–Crippen LogP) is 0.510. The smallest absolute Gasteiger partial charge is 0.154 e. The van der Waals surface area contributed by atoms with Crippen molar-refractivity contribution in [1.29, 1.82) is 0 Å². The van der Waals surface area contributed by atoms with Gasteiger partial charge in [0, 0.05) is 7.05 Å². The van der Waals surface area contributed by atoms with Crippen molar-refractivity contribution in [3.63, 3.8) is 0 Å². The minimum atomic E-state index is -1.46. The van der Waals surface area contributed by atoms with Crippen molar-refractivity contribution in [2.45, 2.75) is 0 Å². The number of rotatable bonds is 2. The van der Waals surface area contributed by atoms with Gasteiger partial charge in [0.2, 0.25) is 0 Å². The maximum absolute atomic E-state index is 9.91. The quantitative estimate of drug-likeness (QED) is 0.413. The second-order valence-corrected chi connectivity index (χ2v) is 1.80. The third-order valence-corrected chi connectivity index (χ3v) is 0.660. The molecule has 0 aromatic rings. The summed E-state index contributed by atoms with van der Waals surface area (Å²) in [4.78, 5) is 0. The van der Waals surface area contributed by atoms with E-state index >= 15 is 0 Å². The first-order valence-electron chi connectivity index (χ1n) is 1.52. The molecule has 1 N–H and O–H groups in total. The fourth-order valence-electron chi connectivity index (χ4n) is 0.129. The molecule has 0 aromatic carbocycles. The van der Waals surface area contributed by atoms with Gasteiger partial charge in [-0.15, -0.1) is 0 Å². The van der Waals surface area contributed by atoms with Crippen LogP contribution < -0.4 is 5.48 Å². The van der Waals surface area contributed by atoms with Crippen molar-refractivity contribution in [3.8, 4) is 0 Å². The third-order valence-electron chi connectivity index (χ3n) is 0.220. The van der Waals surface area contributed by atoms with Crippen LogP contribution in [0.5, 0.6) is 0 Å². The molecule has 0 spiro atoms. The lowest BCUT2D eigenvalue weighted by molar-refractivity contribution is 0.241. The van der Waals surface area contributed by atoms with Gasteiger partial charge in [0.1, 0.15) is 0 Å². The summed E-state index contributed by atoms with van der Waals surface area (Å²) >= 11 is 0. The zero-order valence-corrected chi connectivity index (χ0v) is 4.66. The Morgan fingerprint density at radius 1 is 1.83 bits per heavy atom. The second-order valence-electron chi connectivity index (χ2n) is 0.735. The highest BCUT2D eigenvalue weighted by molar-refractivity contribution is 7.38. The topological polar surface area (TPSA) is 38.3 Å². The van der Waals surface area contributed by atoms with E-state index in [4.69, 9.17) is 0 Å². The largest absolute Gasteiger partial charge is 0.523 e. The molecular weight excluding hydrogens is 101 g/mol. The molecule has 36 valence electrons. The van der Waals surface area contributed by atoms with Crippen LogP contribution in [0.2, 0.25) is 0 Å². The molecule has 1 unspecified atom stereocenters. The number of nitrogens with one attached hydrogen (secondary N) is 1. The summed E-state index contributed by atoms with van der Waals surface area (Å²) < 4.78 is 14.2. The molecule has 4 heteroatoms. The van der Waals surface area contributed by atoms with Crippen LogP contribution in [0.15, 0.2) is 0 Å². The van der Waals surface area contributed by atoms with E-state index in [9.17, 15) is 4.57 Å². The van der Waals surface area contributed by atoms with Gasteiger partial charge < -0.3 is 0 Å². The van der Waals surface area contributed by atoms with Gasteiger partial charge in [0.05, 0.1) is 0 Å². The van der Waals surface area contributed by atoms with Crippen molar-refractivity contribution in [3.05, 3.63) is 0 Å². The summed E-state index contributed by atoms with van der Waals surface area (Å²) in [7, 11) is 0.105. The van der Waals surface area contributed by atoms with Crippen molar-refractivity contribution in [2.24, 2.45) is 0 Å². The zero-order valence-electron chi connectivity index (χ0n) is 3.76. The first-order chi connectivity index (χ1) is 2.77. The van der Waals surface area contributed by atoms with E-state index in [1.165, 1.54) is 6.66 Å². The highest BCUT2D eigenvalue weighted by Gasteiger charge is 2.01. The van der Waals surface area contributed by atoms with Gasteiger partial charge in [-0.05, 0) is 4.57 Å². The first-order valence-corrected chi connectivity index (χ1v) is 3.14. The molecule has 0 aromatic heterocycles. The van der Waals surface area contributed by atoms with Gasteiger partial charge in [0.15, 0.2) is 6.66 Å². The highest BCUT2D eigenvalue weighted by atomic mass is 31.1. The average molecular weight is 108 g/mol. The number of hydrogen-bond acceptors (Lipinski definition) is 3. The summed E-state index contributed by atoms with van der Waals surface area (Å²) in [5.74, 6) is 0. The lowest BCUT2D eigenvalue weighted by Crippen LogP contribution is -1.98. The summed E-state index contributed by atoms with van der Waals surface area (Å²) in [6, 6.07) is 0. The van der Waals surface area contributed by atoms with Crippen LogP contribution in [0.3, 0.4) is 0 Å². The Kier molecular flexibility index (Phi) is 3.23. The van der Waals surface area contributed by atoms with Gasteiger partial charge in [-0.25, -0.2) is 0 Å². The zero-order chi connectivity index (χ0) is 4.99. The van der Waals surface area contributed by atoms with Crippen LogP contribution in [0.25, 0.3) is 0 Å². The number of hydroxylamine groups is 1. The highest BCUT2D eigenvalue weighted by Crippen LogP contribution is 2.10. The minimum Gasteiger partial charge on any atom is -0.154 e. The van der Waals surface area contributed by atoms with E-state index in [1.807, 2.05) is 0 Å². The van der Waals surface area contributed by atoms with Crippen LogP contribution in [0, 0.1) is 0 Å². The van der Waals surface area contributed by atoms with Gasteiger partial charge in [-0.2, -0.15) is 5.48 Å². The maximum atomic E-state index is 9.91. The summed E-state index contributed by atoms with van der Waals surface area (Å²) in [5, 5.41) is 0. The van der Waals surface area contributed by atoms with E-state index in [0.717, 1.165) is 0 Å². The van der Waals surface area contributed by atoms with Gasteiger partial charge in [-0.3, -0.25) is 0 Å². The Morgan fingerprint density at radius 2 is 2.33 bits per heavy atom. The van der Waals surface area contributed by atoms with E-state index < -0.39 is 8.03 Å². The summed E-state index contributed by atoms with van der Waals surface area (Å²) in [6.45, 7) is 1.48. The monoisotopic (exact) mass is 108 g/mol. The van der Waals surface area contributed by atoms with Gasteiger partial charge in [0.25, 0.3) is 0 Å². The Balaban J connectivity index is 2.83. The molecule has 0 bridgehead atoms. The Hall–Kier alpha value is 0.0200. The minimum absolute atomic E-state index is 1.46. The standard InChI is InChI=1S/C2H7NO2P/c1-3-5-6(2)4/h3H,1-2H3/q+1. The van der Waals surface area contributed by atoms with E-state index in [0.29, 0.717) is 0 Å². The van der Waals surface area contributed by atoms with Crippen LogP contribution in [0.1, 0.15) is 0 Å². The predicted molar refractivity (Wildman–Crippen MR) is 23.7 cm³/mol. The van der Waals surface area contributed by atoms with Crippen LogP contribution in [-0.2, 0) is 9.19 Å². The Labute approximate surface area is 37.5 Å². The van der Waals surface area contributed by atoms with Gasteiger partial charge in [-0.1, -0.05) is 4.62 Å². The molecular formula is C2H7NO2P+. The molecule has 0 rings (SSSR count). The second kappa shape index (κ2) is 3.22. The molecule has 0 radical (unpaired) electrons. The maximum Gasteiger partial charge on any atom is 0.523 e. The molecule has 3 nitrogen and oxygen atoms in total. The summed E-state index contributed by atoms with van der Waals surface area (Å²) in [5.41, 5.74) is 2.28. The Morgan fingerprint density at radius 3 is 2.33 bits per heavy atom. The SMILES string of the molecule is CNO[P+](C)=O. The van der Waals surface area contributed by atoms with E-state index in [1.54, 1.807) is 7.05 Å². The molecule has 6 heavy (non-hydrogen) atoms. The van der Waals surface area contributed by atoms with Crippen LogP contribution in [-0.4, -0.2) is 13.7 Å². The molecule has 0 amide bonds. The number of hydrogen-bond donors (Lipinski definition) is 1. The molecule has 1 atom stereocenters. The van der Waals surface area contributed by atoms with E-state index in [2.05, 4.69) is 10.1 Å². The fourth-order valence-corrected chi connectivity index (χ4v) is 0.386. The van der Waals surface area contributed by atoms with Gasteiger partial charge >= 0.3 is 8.03 Å². The van der Waals surface area contributed by atoms with Crippen LogP contribution in [0.4, 0.5) is 0 Å². The molecule has 0 aliphatic carbocycles. The normalized spacial score (nSPS) is 11.3. The Bertz CT molecular complexity index is 55.5. The fraction of sp³-hybridized carbons (Fsp3) is 1.00. The molecule has 0 saturated heterocycles. The van der Waals surface area contributed by atoms with Crippen molar-refractivity contribution in [1.82, 2.24) is 5.48 Å².